The third-order valence-electron chi connectivity index (χ3n) is 5.46. The van der Waals surface area contributed by atoms with E-state index < -0.39 is 45.1 Å². The molecule has 1 spiro atoms. The molecule has 1 saturated carbocycles. The Kier molecular flexibility index (Phi) is 5.11. The van der Waals surface area contributed by atoms with E-state index in [0.717, 1.165) is 0 Å². The quantitative estimate of drug-likeness (QED) is 0.828. The maximum atomic E-state index is 13.2. The fourth-order valence-corrected chi connectivity index (χ4v) is 4.95. The molecule has 0 amide bonds. The van der Waals surface area contributed by atoms with Gasteiger partial charge in [0.1, 0.15) is 5.25 Å². The van der Waals surface area contributed by atoms with Gasteiger partial charge in [-0.3, -0.25) is 9.00 Å². The van der Waals surface area contributed by atoms with Gasteiger partial charge in [-0.25, -0.2) is 0 Å². The van der Waals surface area contributed by atoms with Crippen molar-refractivity contribution in [3.05, 3.63) is 30.3 Å². The van der Waals surface area contributed by atoms with Crippen LogP contribution in [0.5, 0.6) is 0 Å². The van der Waals surface area contributed by atoms with Crippen molar-refractivity contribution >= 4 is 16.6 Å². The second-order valence-corrected chi connectivity index (χ2v) is 8.43. The van der Waals surface area contributed by atoms with E-state index in [1.54, 1.807) is 44.2 Å². The van der Waals surface area contributed by atoms with Crippen LogP contribution in [0.25, 0.3) is 0 Å². The Labute approximate surface area is 155 Å². The van der Waals surface area contributed by atoms with E-state index in [4.69, 9.17) is 18.9 Å². The van der Waals surface area contributed by atoms with Crippen molar-refractivity contribution in [3.63, 3.8) is 0 Å². The van der Waals surface area contributed by atoms with E-state index in [0.29, 0.717) is 4.90 Å². The molecule has 0 bridgehead atoms. The zero-order valence-electron chi connectivity index (χ0n) is 15.3. The monoisotopic (exact) mass is 384 g/mol. The van der Waals surface area contributed by atoms with Crippen molar-refractivity contribution in [2.75, 3.05) is 20.8 Å². The molecule has 7 nitrogen and oxygen atoms in total. The van der Waals surface area contributed by atoms with E-state index in [1.807, 2.05) is 0 Å². The summed E-state index contributed by atoms with van der Waals surface area (Å²) >= 11 is 0. The van der Waals surface area contributed by atoms with Gasteiger partial charge in [0.25, 0.3) is 0 Å². The summed E-state index contributed by atoms with van der Waals surface area (Å²) in [4.78, 5) is 13.7. The number of hydrogen-bond donors (Lipinski definition) is 1. The second kappa shape index (κ2) is 6.78. The number of aliphatic hydroxyl groups is 1. The van der Waals surface area contributed by atoms with Gasteiger partial charge in [0.15, 0.2) is 11.4 Å². The Morgan fingerprint density at radius 3 is 2.35 bits per heavy atom. The van der Waals surface area contributed by atoms with Crippen LogP contribution in [0.1, 0.15) is 20.3 Å². The second-order valence-electron chi connectivity index (χ2n) is 6.79. The minimum atomic E-state index is -1.64. The van der Waals surface area contributed by atoms with Crippen LogP contribution < -0.4 is 0 Å². The normalized spacial score (nSPS) is 41.5. The van der Waals surface area contributed by atoms with Crippen molar-refractivity contribution in [3.8, 4) is 0 Å². The summed E-state index contributed by atoms with van der Waals surface area (Å²) in [5.74, 6) is -3.14. The molecule has 2 aliphatic rings. The summed E-state index contributed by atoms with van der Waals surface area (Å²) < 4.78 is 35.5. The highest BCUT2D eigenvalue weighted by Crippen LogP contribution is 2.46. The number of rotatable bonds is 4. The molecule has 1 aromatic rings. The molecular formula is C18H24O7S. The molecule has 2 unspecified atom stereocenters. The van der Waals surface area contributed by atoms with Crippen molar-refractivity contribution in [1.29, 1.82) is 0 Å². The van der Waals surface area contributed by atoms with E-state index in [-0.39, 0.29) is 13.0 Å². The Hall–Kier alpha value is -1.16. The highest BCUT2D eigenvalue weighted by atomic mass is 32.2. The topological polar surface area (TPSA) is 91.3 Å². The van der Waals surface area contributed by atoms with E-state index in [1.165, 1.54) is 14.2 Å². The highest BCUT2D eigenvalue weighted by molar-refractivity contribution is 7.86. The molecule has 6 atom stereocenters. The summed E-state index contributed by atoms with van der Waals surface area (Å²) in [5.41, 5.74) is -1.64. The SMILES string of the molecule is CO[C@@]1(C)OC[C@@]2(O[C@]1(C)OC)C(=O)C(S(=O)c1ccccc1)C[C@H]2O. The largest absolute Gasteiger partial charge is 0.389 e. The number of ketones is 1. The van der Waals surface area contributed by atoms with Gasteiger partial charge in [-0.1, -0.05) is 18.2 Å². The standard InChI is InChI=1S/C18H24O7S/c1-16(22-3)17(2,23-4)25-18(11-24-16)14(19)10-13(15(18)20)26(21)12-8-6-5-7-9-12/h5-9,13-14,19H,10-11H2,1-4H3/t13?,14-,16+,17+,18+,26?/m1/s1. The molecule has 3 rings (SSSR count). The number of hydrogen-bond acceptors (Lipinski definition) is 7. The van der Waals surface area contributed by atoms with Crippen LogP contribution in [0.4, 0.5) is 0 Å². The molecule has 0 radical (unpaired) electrons. The Morgan fingerprint density at radius 2 is 1.77 bits per heavy atom. The number of Topliss-reactive ketones (excluding diaryl/α,β-unsaturated/α-hetero) is 1. The molecule has 144 valence electrons. The van der Waals surface area contributed by atoms with Crippen molar-refractivity contribution in [1.82, 2.24) is 0 Å². The predicted molar refractivity (Wildman–Crippen MR) is 92.9 cm³/mol. The molecule has 0 aromatic heterocycles. The van der Waals surface area contributed by atoms with Crippen LogP contribution >= 0.6 is 0 Å². The van der Waals surface area contributed by atoms with Gasteiger partial charge in [-0.05, 0) is 32.4 Å². The summed E-state index contributed by atoms with van der Waals surface area (Å²) in [5, 5.41) is 9.77. The highest BCUT2D eigenvalue weighted by Gasteiger charge is 2.67. The molecule has 1 aliphatic carbocycles. The molecule has 1 heterocycles. The van der Waals surface area contributed by atoms with Crippen LogP contribution in [0, 0.1) is 0 Å². The van der Waals surface area contributed by atoms with Crippen LogP contribution in [0.2, 0.25) is 0 Å². The summed E-state index contributed by atoms with van der Waals surface area (Å²) in [7, 11) is 1.25. The molecule has 1 aliphatic heterocycles. The fourth-order valence-electron chi connectivity index (χ4n) is 3.44. The molecular weight excluding hydrogens is 360 g/mol. The minimum absolute atomic E-state index is 0.0210. The first-order valence-electron chi connectivity index (χ1n) is 8.35. The molecule has 2 fully saturated rings. The Balaban J connectivity index is 1.92. The van der Waals surface area contributed by atoms with Crippen molar-refractivity contribution in [2.24, 2.45) is 0 Å². The van der Waals surface area contributed by atoms with Crippen LogP contribution in [0.3, 0.4) is 0 Å². The van der Waals surface area contributed by atoms with Gasteiger partial charge in [-0.2, -0.15) is 0 Å². The van der Waals surface area contributed by atoms with E-state index >= 15 is 0 Å². The Morgan fingerprint density at radius 1 is 1.15 bits per heavy atom. The third kappa shape index (κ3) is 2.76. The zero-order chi connectivity index (χ0) is 19.2. The smallest absolute Gasteiger partial charge is 0.221 e. The molecule has 26 heavy (non-hydrogen) atoms. The first-order chi connectivity index (χ1) is 12.2. The lowest BCUT2D eigenvalue weighted by Gasteiger charge is -2.52. The maximum absolute atomic E-state index is 13.2. The fraction of sp³-hybridized carbons (Fsp3) is 0.611. The lowest BCUT2D eigenvalue weighted by Crippen LogP contribution is -2.70. The number of carbonyl (C=O) groups is 1. The van der Waals surface area contributed by atoms with Crippen LogP contribution in [-0.4, -0.2) is 64.5 Å². The molecule has 1 N–H and O–H groups in total. The predicted octanol–water partition coefficient (Wildman–Crippen LogP) is 1.01. The summed E-state index contributed by atoms with van der Waals surface area (Å²) in [6, 6.07) is 8.71. The minimum Gasteiger partial charge on any atom is -0.389 e. The number of ether oxygens (including phenoxy) is 4. The zero-order valence-corrected chi connectivity index (χ0v) is 16.1. The van der Waals surface area contributed by atoms with Gasteiger partial charge in [0.05, 0.1) is 23.5 Å². The van der Waals surface area contributed by atoms with E-state index in [2.05, 4.69) is 0 Å². The lowest BCUT2D eigenvalue weighted by atomic mass is 9.94. The van der Waals surface area contributed by atoms with Crippen LogP contribution in [0.15, 0.2) is 35.2 Å². The summed E-state index contributed by atoms with van der Waals surface area (Å²) in [6.45, 7) is 3.01. The Bertz CT molecular complexity index is 711. The van der Waals surface area contributed by atoms with Gasteiger partial charge in [0, 0.05) is 19.1 Å². The lowest BCUT2D eigenvalue weighted by molar-refractivity contribution is -0.449. The van der Waals surface area contributed by atoms with Gasteiger partial charge >= 0.3 is 0 Å². The number of methoxy groups -OCH3 is 2. The van der Waals surface area contributed by atoms with Crippen LogP contribution in [-0.2, 0) is 34.5 Å². The van der Waals surface area contributed by atoms with E-state index in [9.17, 15) is 14.1 Å². The number of benzene rings is 1. The van der Waals surface area contributed by atoms with Gasteiger partial charge in [-0.15, -0.1) is 0 Å². The maximum Gasteiger partial charge on any atom is 0.221 e. The van der Waals surface area contributed by atoms with Gasteiger partial charge < -0.3 is 24.1 Å². The van der Waals surface area contributed by atoms with Gasteiger partial charge in [0.2, 0.25) is 11.6 Å². The number of carbonyl (C=O) groups excluding carboxylic acids is 1. The average molecular weight is 384 g/mol. The first-order valence-corrected chi connectivity index (χ1v) is 9.57. The average Bonchev–Trinajstić information content (AvgIpc) is 2.90. The molecule has 1 aromatic carbocycles. The summed E-state index contributed by atoms with van der Waals surface area (Å²) in [6.07, 6.45) is -1.14. The number of aliphatic hydroxyl groups excluding tert-OH is 1. The van der Waals surface area contributed by atoms with Crippen molar-refractivity contribution in [2.45, 2.75) is 53.7 Å². The first kappa shape index (κ1) is 19.6. The third-order valence-corrected chi connectivity index (χ3v) is 7.12. The van der Waals surface area contributed by atoms with Crippen molar-refractivity contribution < 1.29 is 33.1 Å². The molecule has 8 heteroatoms. The molecule has 1 saturated heterocycles.